The van der Waals surface area contributed by atoms with E-state index in [1.54, 1.807) is 42.5 Å². The molecular formula is C22H15ClN2O5S. The number of benzene rings is 2. The molecule has 31 heavy (non-hydrogen) atoms. The quantitative estimate of drug-likeness (QED) is 0.264. The third-order valence-electron chi connectivity index (χ3n) is 4.76. The molecule has 0 saturated carbocycles. The van der Waals surface area contributed by atoms with Crippen molar-refractivity contribution in [2.45, 2.75) is 13.5 Å². The molecule has 2 aromatic carbocycles. The predicted molar refractivity (Wildman–Crippen MR) is 119 cm³/mol. The van der Waals surface area contributed by atoms with Gasteiger partial charge in [-0.2, -0.15) is 0 Å². The number of imide groups is 1. The number of carbonyl (C=O) groups excluding carboxylic acids is 2. The van der Waals surface area contributed by atoms with Gasteiger partial charge in [-0.25, -0.2) is 0 Å². The molecule has 0 radical (unpaired) electrons. The van der Waals surface area contributed by atoms with Crippen molar-refractivity contribution < 1.29 is 18.9 Å². The van der Waals surface area contributed by atoms with Crippen LogP contribution in [-0.2, 0) is 11.3 Å². The van der Waals surface area contributed by atoms with Gasteiger partial charge >= 0.3 is 0 Å². The van der Waals surface area contributed by atoms with Crippen LogP contribution in [0.15, 0.2) is 63.9 Å². The van der Waals surface area contributed by atoms with Gasteiger partial charge in [-0.1, -0.05) is 35.9 Å². The second kappa shape index (κ2) is 8.41. The van der Waals surface area contributed by atoms with Gasteiger partial charge in [0.15, 0.2) is 0 Å². The standard InChI is InChI=1S/C22H15ClN2O5S/c1-13-6-7-15(25(28)29)10-17(13)19-9-8-16(30-19)11-20-21(26)24(22(27)31-20)12-14-4-2-3-5-18(14)23/h2-11H,12H2,1H3/b20-11-. The number of nitro benzene ring substituents is 1. The van der Waals surface area contributed by atoms with Crippen molar-refractivity contribution in [2.24, 2.45) is 0 Å². The molecule has 1 aromatic heterocycles. The lowest BCUT2D eigenvalue weighted by molar-refractivity contribution is -0.384. The Kier molecular flexibility index (Phi) is 5.67. The minimum atomic E-state index is -0.470. The first-order chi connectivity index (χ1) is 14.8. The largest absolute Gasteiger partial charge is 0.457 e. The van der Waals surface area contributed by atoms with Crippen LogP contribution in [0.5, 0.6) is 0 Å². The Morgan fingerprint density at radius 2 is 1.94 bits per heavy atom. The van der Waals surface area contributed by atoms with E-state index in [1.165, 1.54) is 18.2 Å². The SMILES string of the molecule is Cc1ccc([N+](=O)[O-])cc1-c1ccc(/C=C2\SC(=O)N(Cc3ccccc3Cl)C2=O)o1. The molecule has 156 valence electrons. The highest BCUT2D eigenvalue weighted by atomic mass is 35.5. The Hall–Kier alpha value is -3.36. The molecule has 0 unspecified atom stereocenters. The Balaban J connectivity index is 1.58. The zero-order valence-electron chi connectivity index (χ0n) is 16.2. The minimum absolute atomic E-state index is 0.0424. The molecule has 2 amide bonds. The first-order valence-electron chi connectivity index (χ1n) is 9.17. The van der Waals surface area contributed by atoms with Gasteiger partial charge in [0.05, 0.1) is 16.4 Å². The number of hydrogen-bond donors (Lipinski definition) is 0. The van der Waals surface area contributed by atoms with Crippen LogP contribution in [0, 0.1) is 17.0 Å². The fourth-order valence-corrected chi connectivity index (χ4v) is 4.14. The molecular weight excluding hydrogens is 440 g/mol. The van der Waals surface area contributed by atoms with Gasteiger partial charge in [0.25, 0.3) is 16.8 Å². The lowest BCUT2D eigenvalue weighted by Gasteiger charge is -2.13. The maximum absolute atomic E-state index is 12.7. The van der Waals surface area contributed by atoms with Crippen molar-refractivity contribution in [1.82, 2.24) is 4.90 Å². The molecule has 0 N–H and O–H groups in total. The molecule has 7 nitrogen and oxygen atoms in total. The van der Waals surface area contributed by atoms with Crippen molar-refractivity contribution in [3.63, 3.8) is 0 Å². The molecule has 0 bridgehead atoms. The van der Waals surface area contributed by atoms with E-state index in [9.17, 15) is 19.7 Å². The van der Waals surface area contributed by atoms with Crippen LogP contribution in [0.25, 0.3) is 17.4 Å². The monoisotopic (exact) mass is 454 g/mol. The van der Waals surface area contributed by atoms with Gasteiger partial charge in [-0.05, 0) is 48.0 Å². The third-order valence-corrected chi connectivity index (χ3v) is 6.03. The summed E-state index contributed by atoms with van der Waals surface area (Å²) in [6.45, 7) is 1.90. The van der Waals surface area contributed by atoms with Gasteiger partial charge in [0.2, 0.25) is 0 Å². The fourth-order valence-electron chi connectivity index (χ4n) is 3.13. The highest BCUT2D eigenvalue weighted by Gasteiger charge is 2.35. The molecule has 0 spiro atoms. The number of rotatable bonds is 5. The van der Waals surface area contributed by atoms with Crippen LogP contribution < -0.4 is 0 Å². The van der Waals surface area contributed by atoms with Gasteiger partial charge in [-0.15, -0.1) is 0 Å². The summed E-state index contributed by atoms with van der Waals surface area (Å²) in [4.78, 5) is 37.1. The molecule has 3 aromatic rings. The van der Waals surface area contributed by atoms with E-state index in [4.69, 9.17) is 16.0 Å². The van der Waals surface area contributed by atoms with E-state index in [0.29, 0.717) is 27.7 Å². The summed E-state index contributed by atoms with van der Waals surface area (Å²) in [5.41, 5.74) is 2.03. The summed E-state index contributed by atoms with van der Waals surface area (Å²) in [6.07, 6.45) is 1.49. The van der Waals surface area contributed by atoms with Gasteiger partial charge in [0, 0.05) is 28.8 Å². The van der Waals surface area contributed by atoms with E-state index in [1.807, 2.05) is 6.92 Å². The maximum atomic E-state index is 12.7. The predicted octanol–water partition coefficient (Wildman–Crippen LogP) is 6.05. The molecule has 1 aliphatic rings. The van der Waals surface area contributed by atoms with E-state index in [0.717, 1.165) is 22.2 Å². The normalized spacial score (nSPS) is 15.2. The topological polar surface area (TPSA) is 93.7 Å². The van der Waals surface area contributed by atoms with Crippen LogP contribution in [0.1, 0.15) is 16.9 Å². The van der Waals surface area contributed by atoms with Crippen LogP contribution in [-0.4, -0.2) is 21.0 Å². The van der Waals surface area contributed by atoms with Crippen molar-refractivity contribution in [3.8, 4) is 11.3 Å². The van der Waals surface area contributed by atoms with Crippen molar-refractivity contribution >= 4 is 46.3 Å². The van der Waals surface area contributed by atoms with Gasteiger partial charge in [0.1, 0.15) is 11.5 Å². The van der Waals surface area contributed by atoms with E-state index in [-0.39, 0.29) is 17.1 Å². The van der Waals surface area contributed by atoms with Crippen LogP contribution in [0.3, 0.4) is 0 Å². The summed E-state index contributed by atoms with van der Waals surface area (Å²) in [5.74, 6) is 0.367. The van der Waals surface area contributed by atoms with E-state index >= 15 is 0 Å². The Labute approximate surface area is 186 Å². The first kappa shape index (κ1) is 20.9. The summed E-state index contributed by atoms with van der Waals surface area (Å²) in [7, 11) is 0. The Bertz CT molecular complexity index is 1250. The molecule has 0 atom stereocenters. The minimum Gasteiger partial charge on any atom is -0.457 e. The number of nitro groups is 1. The average Bonchev–Trinajstić information content (AvgIpc) is 3.30. The van der Waals surface area contributed by atoms with Crippen LogP contribution in [0.4, 0.5) is 10.5 Å². The molecule has 4 rings (SSSR count). The molecule has 1 fully saturated rings. The molecule has 1 aliphatic heterocycles. The second-order valence-electron chi connectivity index (χ2n) is 6.82. The number of aryl methyl sites for hydroxylation is 1. The number of nitrogens with zero attached hydrogens (tertiary/aromatic N) is 2. The molecule has 2 heterocycles. The van der Waals surface area contributed by atoms with Gasteiger partial charge < -0.3 is 4.42 Å². The number of furan rings is 1. The molecule has 9 heteroatoms. The average molecular weight is 455 g/mol. The van der Waals surface area contributed by atoms with Gasteiger partial charge in [-0.3, -0.25) is 24.6 Å². The smallest absolute Gasteiger partial charge is 0.293 e. The van der Waals surface area contributed by atoms with E-state index < -0.39 is 16.1 Å². The zero-order valence-corrected chi connectivity index (χ0v) is 17.8. The summed E-state index contributed by atoms with van der Waals surface area (Å²) >= 11 is 6.96. The van der Waals surface area contributed by atoms with Crippen LogP contribution in [0.2, 0.25) is 5.02 Å². The van der Waals surface area contributed by atoms with Crippen molar-refractivity contribution in [3.05, 3.63) is 91.5 Å². The summed E-state index contributed by atoms with van der Waals surface area (Å²) < 4.78 is 5.79. The fraction of sp³-hybridized carbons (Fsp3) is 0.0909. The first-order valence-corrected chi connectivity index (χ1v) is 10.4. The highest BCUT2D eigenvalue weighted by molar-refractivity contribution is 8.18. The van der Waals surface area contributed by atoms with Crippen molar-refractivity contribution in [2.75, 3.05) is 0 Å². The van der Waals surface area contributed by atoms with E-state index in [2.05, 4.69) is 0 Å². The van der Waals surface area contributed by atoms with Crippen LogP contribution >= 0.6 is 23.4 Å². The lowest BCUT2D eigenvalue weighted by Crippen LogP contribution is -2.27. The Morgan fingerprint density at radius 3 is 2.68 bits per heavy atom. The number of non-ortho nitro benzene ring substituents is 1. The number of hydrogen-bond acceptors (Lipinski definition) is 6. The summed E-state index contributed by atoms with van der Waals surface area (Å²) in [5, 5.41) is 11.2. The summed E-state index contributed by atoms with van der Waals surface area (Å²) in [6, 6.07) is 14.9. The third kappa shape index (κ3) is 4.26. The maximum Gasteiger partial charge on any atom is 0.293 e. The highest BCUT2D eigenvalue weighted by Crippen LogP contribution is 2.35. The number of carbonyl (C=O) groups is 2. The lowest BCUT2D eigenvalue weighted by atomic mass is 10.1. The number of amides is 2. The Morgan fingerprint density at radius 1 is 1.16 bits per heavy atom. The second-order valence-corrected chi connectivity index (χ2v) is 8.22. The number of halogens is 1. The molecule has 0 aliphatic carbocycles. The van der Waals surface area contributed by atoms with Crippen molar-refractivity contribution in [1.29, 1.82) is 0 Å². The molecule has 1 saturated heterocycles. The number of thioether (sulfide) groups is 1. The zero-order chi connectivity index (χ0) is 22.1.